The van der Waals surface area contributed by atoms with Gasteiger partial charge < -0.3 is 14.6 Å². The molecule has 8 heteroatoms. The number of carboxylic acid groups (broad SMARTS) is 1. The van der Waals surface area contributed by atoms with Gasteiger partial charge in [-0.05, 0) is 44.1 Å². The van der Waals surface area contributed by atoms with Gasteiger partial charge in [-0.15, -0.1) is 0 Å². The van der Waals surface area contributed by atoms with E-state index in [2.05, 4.69) is 9.88 Å². The molecule has 2 saturated heterocycles. The van der Waals surface area contributed by atoms with Crippen LogP contribution < -0.4 is 10.3 Å². The van der Waals surface area contributed by atoms with Gasteiger partial charge in [-0.25, -0.2) is 14.2 Å². The number of hydrogen-bond donors (Lipinski definition) is 1. The molecular weight excluding hydrogens is 375 g/mol. The number of nitrogens with zero attached hydrogens (tertiary/aromatic N) is 4. The van der Waals surface area contributed by atoms with Crippen molar-refractivity contribution in [1.29, 1.82) is 0 Å². The third-order valence-electron chi connectivity index (χ3n) is 6.10. The maximum absolute atomic E-state index is 14.8. The molecule has 0 atom stereocenters. The third-order valence-corrected chi connectivity index (χ3v) is 6.10. The fourth-order valence-corrected chi connectivity index (χ4v) is 4.45. The zero-order valence-electron chi connectivity index (χ0n) is 16.1. The zero-order chi connectivity index (χ0) is 20.3. The number of aromatic carboxylic acids is 1. The minimum absolute atomic E-state index is 0.171. The molecule has 3 aromatic rings. The fraction of sp³-hybridized carbons (Fsp3) is 0.381. The minimum Gasteiger partial charge on any atom is -0.477 e. The largest absolute Gasteiger partial charge is 0.477 e. The first kappa shape index (κ1) is 18.1. The average Bonchev–Trinajstić information content (AvgIpc) is 3.17. The maximum Gasteiger partial charge on any atom is 0.341 e. The summed E-state index contributed by atoms with van der Waals surface area (Å²) in [5.41, 5.74) is 0.541. The predicted octanol–water partition coefficient (Wildman–Crippen LogP) is 2.21. The van der Waals surface area contributed by atoms with Crippen molar-refractivity contribution in [2.45, 2.75) is 18.9 Å². The lowest BCUT2D eigenvalue weighted by Gasteiger charge is -2.45. The van der Waals surface area contributed by atoms with Crippen LogP contribution in [0.2, 0.25) is 0 Å². The molecule has 0 unspecified atom stereocenters. The number of hydrogen-bond acceptors (Lipinski definition) is 5. The van der Waals surface area contributed by atoms with E-state index in [-0.39, 0.29) is 16.8 Å². The minimum atomic E-state index is -1.29. The molecule has 0 spiro atoms. The maximum atomic E-state index is 14.8. The molecule has 0 amide bonds. The van der Waals surface area contributed by atoms with E-state index >= 15 is 0 Å². The van der Waals surface area contributed by atoms with Crippen LogP contribution in [-0.4, -0.2) is 57.7 Å². The second-order valence-electron chi connectivity index (χ2n) is 7.95. The molecule has 5 rings (SSSR count). The predicted molar refractivity (Wildman–Crippen MR) is 108 cm³/mol. The van der Waals surface area contributed by atoms with Crippen molar-refractivity contribution in [3.8, 4) is 0 Å². The number of carbonyl (C=O) groups is 1. The Morgan fingerprint density at radius 2 is 1.93 bits per heavy atom. The summed E-state index contributed by atoms with van der Waals surface area (Å²) in [4.78, 5) is 32.9. The molecular formula is C21H21FN4O3. The number of fused-ring (bicyclic) bond motifs is 2. The number of pyridine rings is 2. The SMILES string of the molecule is Cn1cc(C(=O)O)c(=O)c2cc3cc(F)c(N4CC(N5CCCC5)C4)cc3nc21. The van der Waals surface area contributed by atoms with Crippen LogP contribution in [-0.2, 0) is 7.05 Å². The number of aryl methyl sites for hydroxylation is 1. The highest BCUT2D eigenvalue weighted by molar-refractivity contribution is 5.96. The van der Waals surface area contributed by atoms with Crippen LogP contribution in [0.5, 0.6) is 0 Å². The van der Waals surface area contributed by atoms with Crippen molar-refractivity contribution >= 4 is 33.6 Å². The van der Waals surface area contributed by atoms with Gasteiger partial charge in [-0.2, -0.15) is 0 Å². The van der Waals surface area contributed by atoms with Crippen molar-refractivity contribution in [3.63, 3.8) is 0 Å². The molecule has 2 fully saturated rings. The highest BCUT2D eigenvalue weighted by Crippen LogP contribution is 2.31. The van der Waals surface area contributed by atoms with Crippen molar-refractivity contribution in [2.75, 3.05) is 31.1 Å². The van der Waals surface area contributed by atoms with Gasteiger partial charge in [0.15, 0.2) is 0 Å². The standard InChI is InChI=1S/C21H21FN4O3/c1-24-11-15(21(28)29)19(27)14-6-12-7-16(22)18(8-17(12)23-20(14)24)26-9-13(10-26)25-4-2-3-5-25/h6-8,11,13H,2-5,9-10H2,1H3,(H,28,29). The Morgan fingerprint density at radius 1 is 1.21 bits per heavy atom. The van der Waals surface area contributed by atoms with Crippen LogP contribution in [0.4, 0.5) is 10.1 Å². The first-order valence-corrected chi connectivity index (χ1v) is 9.78. The second-order valence-corrected chi connectivity index (χ2v) is 7.95. The summed E-state index contributed by atoms with van der Waals surface area (Å²) in [5.74, 6) is -1.65. The smallest absolute Gasteiger partial charge is 0.341 e. The molecule has 150 valence electrons. The summed E-state index contributed by atoms with van der Waals surface area (Å²) in [6.07, 6.45) is 3.74. The monoisotopic (exact) mass is 396 g/mol. The molecule has 1 aromatic carbocycles. The van der Waals surface area contributed by atoms with Crippen molar-refractivity contribution in [3.05, 3.63) is 46.0 Å². The summed E-state index contributed by atoms with van der Waals surface area (Å²) < 4.78 is 16.3. The normalized spacial score (nSPS) is 17.9. The highest BCUT2D eigenvalue weighted by atomic mass is 19.1. The molecule has 1 N–H and O–H groups in total. The summed E-state index contributed by atoms with van der Waals surface area (Å²) in [6.45, 7) is 3.85. The molecule has 0 radical (unpaired) electrons. The molecule has 0 aliphatic carbocycles. The van der Waals surface area contributed by atoms with E-state index in [0.29, 0.717) is 28.3 Å². The van der Waals surface area contributed by atoms with Gasteiger partial charge in [-0.3, -0.25) is 9.69 Å². The number of rotatable bonds is 3. The Balaban J connectivity index is 1.55. The summed E-state index contributed by atoms with van der Waals surface area (Å²) in [7, 11) is 1.65. The highest BCUT2D eigenvalue weighted by Gasteiger charge is 2.34. The number of halogens is 1. The van der Waals surface area contributed by atoms with Gasteiger partial charge in [0.05, 0.1) is 16.6 Å². The first-order valence-electron chi connectivity index (χ1n) is 9.78. The second kappa shape index (κ2) is 6.52. The Labute approximate surface area is 166 Å². The molecule has 4 heterocycles. The molecule has 29 heavy (non-hydrogen) atoms. The van der Waals surface area contributed by atoms with Gasteiger partial charge >= 0.3 is 5.97 Å². The average molecular weight is 396 g/mol. The number of aromatic nitrogens is 2. The van der Waals surface area contributed by atoms with E-state index in [9.17, 15) is 19.1 Å². The Kier molecular flexibility index (Phi) is 4.06. The summed E-state index contributed by atoms with van der Waals surface area (Å²) in [6, 6.07) is 5.11. The molecule has 0 saturated carbocycles. The molecule has 0 bridgehead atoms. The Bertz CT molecular complexity index is 1210. The van der Waals surface area contributed by atoms with E-state index < -0.39 is 11.4 Å². The number of likely N-dealkylation sites (tertiary alicyclic amines) is 1. The Morgan fingerprint density at radius 3 is 2.62 bits per heavy atom. The third kappa shape index (κ3) is 2.86. The lowest BCUT2D eigenvalue weighted by molar-refractivity contribution is 0.0695. The number of carboxylic acids is 1. The van der Waals surface area contributed by atoms with Gasteiger partial charge in [-0.1, -0.05) is 0 Å². The van der Waals surface area contributed by atoms with Crippen LogP contribution in [0.15, 0.2) is 29.2 Å². The van der Waals surface area contributed by atoms with E-state index in [1.54, 1.807) is 13.1 Å². The van der Waals surface area contributed by atoms with E-state index in [1.165, 1.54) is 35.7 Å². The number of anilines is 1. The first-order chi connectivity index (χ1) is 13.9. The molecule has 2 aliphatic rings. The quantitative estimate of drug-likeness (QED) is 0.684. The molecule has 2 aromatic heterocycles. The van der Waals surface area contributed by atoms with Crippen LogP contribution in [0.3, 0.4) is 0 Å². The van der Waals surface area contributed by atoms with Crippen molar-refractivity contribution < 1.29 is 14.3 Å². The lowest BCUT2D eigenvalue weighted by atomic mass is 10.0. The van der Waals surface area contributed by atoms with Gasteiger partial charge in [0.2, 0.25) is 5.43 Å². The van der Waals surface area contributed by atoms with E-state index in [0.717, 1.165) is 26.2 Å². The number of benzene rings is 1. The van der Waals surface area contributed by atoms with Crippen LogP contribution in [0.1, 0.15) is 23.2 Å². The van der Waals surface area contributed by atoms with Crippen molar-refractivity contribution in [1.82, 2.24) is 14.5 Å². The van der Waals surface area contributed by atoms with Crippen LogP contribution in [0, 0.1) is 5.82 Å². The zero-order valence-corrected chi connectivity index (χ0v) is 16.1. The van der Waals surface area contributed by atoms with Gasteiger partial charge in [0.1, 0.15) is 17.0 Å². The van der Waals surface area contributed by atoms with Gasteiger partial charge in [0, 0.05) is 37.8 Å². The fourth-order valence-electron chi connectivity index (χ4n) is 4.45. The molecule has 2 aliphatic heterocycles. The van der Waals surface area contributed by atoms with E-state index in [4.69, 9.17) is 0 Å². The van der Waals surface area contributed by atoms with Crippen molar-refractivity contribution in [2.24, 2.45) is 7.05 Å². The summed E-state index contributed by atoms with van der Waals surface area (Å²) >= 11 is 0. The summed E-state index contributed by atoms with van der Waals surface area (Å²) in [5, 5.41) is 9.89. The van der Waals surface area contributed by atoms with Gasteiger partial charge in [0.25, 0.3) is 0 Å². The van der Waals surface area contributed by atoms with Crippen LogP contribution >= 0.6 is 0 Å². The van der Waals surface area contributed by atoms with Crippen LogP contribution in [0.25, 0.3) is 21.9 Å². The molecule has 7 nitrogen and oxygen atoms in total. The lowest BCUT2D eigenvalue weighted by Crippen LogP contribution is -2.59. The topological polar surface area (TPSA) is 78.7 Å². The Hall–Kier alpha value is -3.00. The van der Waals surface area contributed by atoms with E-state index in [1.807, 2.05) is 4.90 Å².